The van der Waals surface area contributed by atoms with Crippen molar-refractivity contribution in [2.45, 2.75) is 31.8 Å². The number of likely N-dealkylation sites (N-methyl/N-ethyl adjacent to an activating group) is 1. The molecule has 22 heavy (non-hydrogen) atoms. The molecule has 1 amide bonds. The fourth-order valence-electron chi connectivity index (χ4n) is 2.39. The minimum absolute atomic E-state index is 0.289. The molecule has 0 aromatic heterocycles. The molecule has 2 rings (SSSR count). The van der Waals surface area contributed by atoms with Gasteiger partial charge in [0.2, 0.25) is 5.91 Å². The van der Waals surface area contributed by atoms with Crippen LogP contribution in [-0.4, -0.2) is 38.3 Å². The Morgan fingerprint density at radius 2 is 2.05 bits per heavy atom. The van der Waals surface area contributed by atoms with Gasteiger partial charge in [0.1, 0.15) is 11.9 Å². The van der Waals surface area contributed by atoms with Crippen molar-refractivity contribution in [2.75, 3.05) is 13.6 Å². The Bertz CT molecular complexity index is 633. The number of carbonyl (C=O) groups excluding carboxylic acids is 1. The van der Waals surface area contributed by atoms with Crippen molar-refractivity contribution in [2.24, 2.45) is 0 Å². The molecule has 0 spiro atoms. The monoisotopic (exact) mass is 329 g/mol. The highest BCUT2D eigenvalue weighted by atomic mass is 32.2. The third-order valence-corrected chi connectivity index (χ3v) is 5.29. The molecule has 122 valence electrons. The molecular weight excluding hydrogens is 309 g/mol. The Morgan fingerprint density at radius 3 is 2.64 bits per heavy atom. The van der Waals surface area contributed by atoms with Crippen LogP contribution in [0.5, 0.6) is 0 Å². The molecule has 0 bridgehead atoms. The van der Waals surface area contributed by atoms with Crippen molar-refractivity contribution in [1.82, 2.24) is 14.3 Å². The van der Waals surface area contributed by atoms with E-state index in [1.807, 2.05) is 6.92 Å². The van der Waals surface area contributed by atoms with Crippen LogP contribution in [0, 0.1) is 5.82 Å². The maximum atomic E-state index is 13.0. The molecule has 2 N–H and O–H groups in total. The van der Waals surface area contributed by atoms with E-state index in [1.165, 1.54) is 31.3 Å². The lowest BCUT2D eigenvalue weighted by atomic mass is 9.99. The van der Waals surface area contributed by atoms with Crippen LogP contribution in [0.25, 0.3) is 0 Å². The predicted octanol–water partition coefficient (Wildman–Crippen LogP) is 0.931. The molecule has 0 unspecified atom stereocenters. The van der Waals surface area contributed by atoms with Crippen molar-refractivity contribution in [3.05, 3.63) is 35.6 Å². The van der Waals surface area contributed by atoms with E-state index in [0.717, 1.165) is 10.7 Å². The molecule has 1 saturated heterocycles. The first-order chi connectivity index (χ1) is 10.3. The summed E-state index contributed by atoms with van der Waals surface area (Å²) in [5, 5.41) is 2.72. The first-order valence-electron chi connectivity index (χ1n) is 7.13. The van der Waals surface area contributed by atoms with Crippen LogP contribution in [0.2, 0.25) is 0 Å². The second kappa shape index (κ2) is 6.72. The maximum Gasteiger partial charge on any atom is 0.280 e. The minimum atomic E-state index is -3.76. The van der Waals surface area contributed by atoms with Gasteiger partial charge in [-0.2, -0.15) is 17.4 Å². The summed E-state index contributed by atoms with van der Waals surface area (Å²) in [6, 6.07) is 4.25. The van der Waals surface area contributed by atoms with Gasteiger partial charge in [-0.05, 0) is 30.5 Å². The lowest BCUT2D eigenvalue weighted by Crippen LogP contribution is -2.57. The average molecular weight is 329 g/mol. The molecule has 1 aliphatic heterocycles. The van der Waals surface area contributed by atoms with E-state index in [-0.39, 0.29) is 12.3 Å². The molecule has 2 atom stereocenters. The summed E-state index contributed by atoms with van der Waals surface area (Å²) >= 11 is 0. The van der Waals surface area contributed by atoms with Gasteiger partial charge in [0.25, 0.3) is 10.2 Å². The lowest BCUT2D eigenvalue weighted by Gasteiger charge is -2.36. The van der Waals surface area contributed by atoms with E-state index >= 15 is 0 Å². The van der Waals surface area contributed by atoms with E-state index in [4.69, 9.17) is 0 Å². The number of amides is 1. The van der Waals surface area contributed by atoms with Crippen molar-refractivity contribution in [1.29, 1.82) is 0 Å². The minimum Gasteiger partial charge on any atom is -0.355 e. The highest BCUT2D eigenvalue weighted by molar-refractivity contribution is 7.87. The number of carbonyl (C=O) groups is 1. The van der Waals surface area contributed by atoms with Crippen molar-refractivity contribution in [3.63, 3.8) is 0 Å². The molecule has 0 aliphatic carbocycles. The first kappa shape index (κ1) is 16.9. The third-order valence-electron chi connectivity index (χ3n) is 3.69. The van der Waals surface area contributed by atoms with Crippen molar-refractivity contribution < 1.29 is 17.6 Å². The summed E-state index contributed by atoms with van der Waals surface area (Å²) in [7, 11) is -2.38. The van der Waals surface area contributed by atoms with E-state index in [0.29, 0.717) is 12.1 Å². The van der Waals surface area contributed by atoms with Crippen LogP contribution >= 0.6 is 0 Å². The number of hydrogen-bond donors (Lipinski definition) is 2. The zero-order valence-electron chi connectivity index (χ0n) is 12.5. The number of halogens is 1. The zero-order chi connectivity index (χ0) is 16.3. The molecule has 1 fully saturated rings. The number of benzene rings is 1. The SMILES string of the molecule is CCCNC(=O)[C@H]1C[C@@H](c2ccc(F)cc2)NS(=O)(=O)N1C. The summed E-state index contributed by atoms with van der Waals surface area (Å²) in [6.07, 6.45) is 1.06. The fourth-order valence-corrected chi connectivity index (χ4v) is 3.66. The third kappa shape index (κ3) is 3.63. The van der Waals surface area contributed by atoms with Gasteiger partial charge in [-0.15, -0.1) is 0 Å². The van der Waals surface area contributed by atoms with Crippen LogP contribution in [0.1, 0.15) is 31.4 Å². The van der Waals surface area contributed by atoms with Gasteiger partial charge >= 0.3 is 0 Å². The zero-order valence-corrected chi connectivity index (χ0v) is 13.4. The topological polar surface area (TPSA) is 78.5 Å². The summed E-state index contributed by atoms with van der Waals surface area (Å²) in [6.45, 7) is 2.42. The van der Waals surface area contributed by atoms with E-state index in [1.54, 1.807) is 0 Å². The highest BCUT2D eigenvalue weighted by Gasteiger charge is 2.40. The van der Waals surface area contributed by atoms with Gasteiger partial charge in [0, 0.05) is 19.6 Å². The first-order valence-corrected chi connectivity index (χ1v) is 8.57. The lowest BCUT2D eigenvalue weighted by molar-refractivity contribution is -0.125. The smallest absolute Gasteiger partial charge is 0.280 e. The number of nitrogens with one attached hydrogen (secondary N) is 2. The molecule has 0 saturated carbocycles. The highest BCUT2D eigenvalue weighted by Crippen LogP contribution is 2.27. The molecule has 1 aromatic carbocycles. The van der Waals surface area contributed by atoms with Gasteiger partial charge in [0.05, 0.1) is 0 Å². The largest absolute Gasteiger partial charge is 0.355 e. The molecule has 6 nitrogen and oxygen atoms in total. The average Bonchev–Trinajstić information content (AvgIpc) is 2.48. The van der Waals surface area contributed by atoms with E-state index in [9.17, 15) is 17.6 Å². The van der Waals surface area contributed by atoms with Gasteiger partial charge in [0.15, 0.2) is 0 Å². The fraction of sp³-hybridized carbons (Fsp3) is 0.500. The van der Waals surface area contributed by atoms with Crippen molar-refractivity contribution >= 4 is 16.1 Å². The van der Waals surface area contributed by atoms with Gasteiger partial charge in [-0.3, -0.25) is 4.79 Å². The van der Waals surface area contributed by atoms with Gasteiger partial charge in [-0.25, -0.2) is 4.39 Å². The van der Waals surface area contributed by atoms with Crippen LogP contribution in [-0.2, 0) is 15.0 Å². The number of nitrogens with zero attached hydrogens (tertiary/aromatic N) is 1. The van der Waals surface area contributed by atoms with Crippen molar-refractivity contribution in [3.8, 4) is 0 Å². The Labute approximate surface area is 129 Å². The van der Waals surface area contributed by atoms with Gasteiger partial charge in [-0.1, -0.05) is 19.1 Å². The second-order valence-electron chi connectivity index (χ2n) is 5.29. The van der Waals surface area contributed by atoms with Crippen LogP contribution in [0.15, 0.2) is 24.3 Å². The van der Waals surface area contributed by atoms with Crippen LogP contribution in [0.4, 0.5) is 4.39 Å². The number of rotatable bonds is 4. The van der Waals surface area contributed by atoms with E-state index < -0.39 is 28.1 Å². The Kier molecular flexibility index (Phi) is 5.15. The quantitative estimate of drug-likeness (QED) is 0.863. The van der Waals surface area contributed by atoms with Crippen LogP contribution < -0.4 is 10.0 Å². The van der Waals surface area contributed by atoms with Crippen LogP contribution in [0.3, 0.4) is 0 Å². The standard InChI is InChI=1S/C14H20FN3O3S/c1-3-8-16-14(19)13-9-12(17-22(20,21)18(13)2)10-4-6-11(15)7-5-10/h4-7,12-13,17H,3,8-9H2,1-2H3,(H,16,19)/t12-,13+/m0/s1. The summed E-state index contributed by atoms with van der Waals surface area (Å²) in [5.41, 5.74) is 0.631. The Morgan fingerprint density at radius 1 is 1.41 bits per heavy atom. The molecule has 8 heteroatoms. The summed E-state index contributed by atoms with van der Waals surface area (Å²) in [5.74, 6) is -0.710. The predicted molar refractivity (Wildman–Crippen MR) is 80.7 cm³/mol. The molecule has 0 radical (unpaired) electrons. The summed E-state index contributed by atoms with van der Waals surface area (Å²) in [4.78, 5) is 12.2. The van der Waals surface area contributed by atoms with E-state index in [2.05, 4.69) is 10.0 Å². The Balaban J connectivity index is 2.24. The van der Waals surface area contributed by atoms with Gasteiger partial charge < -0.3 is 5.32 Å². The normalized spacial score (nSPS) is 24.9. The molecule has 1 aromatic rings. The molecular formula is C14H20FN3O3S. The molecule has 1 aliphatic rings. The Hall–Kier alpha value is -1.51. The summed E-state index contributed by atoms with van der Waals surface area (Å²) < 4.78 is 40.9. The maximum absolute atomic E-state index is 13.0. The number of hydrogen-bond acceptors (Lipinski definition) is 3. The second-order valence-corrected chi connectivity index (χ2v) is 7.05. The molecule has 1 heterocycles.